The molecule has 2 heterocycles. The van der Waals surface area contributed by atoms with Crippen LogP contribution in [0.25, 0.3) is 11.0 Å². The van der Waals surface area contributed by atoms with Gasteiger partial charge in [0.05, 0.1) is 5.69 Å². The molecule has 6 heteroatoms. The van der Waals surface area contributed by atoms with Gasteiger partial charge in [-0.1, -0.05) is 23.7 Å². The van der Waals surface area contributed by atoms with Crippen LogP contribution >= 0.6 is 11.6 Å². The number of aryl methyl sites for hydroxylation is 3. The molecular formula is C24H20ClN3O2. The first-order valence-corrected chi connectivity index (χ1v) is 9.86. The van der Waals surface area contributed by atoms with Gasteiger partial charge < -0.3 is 9.73 Å². The molecule has 0 saturated heterocycles. The summed E-state index contributed by atoms with van der Waals surface area (Å²) in [6.45, 7) is 5.99. The highest BCUT2D eigenvalue weighted by molar-refractivity contribution is 6.31. The average Bonchev–Trinajstić information content (AvgIpc) is 2.72. The van der Waals surface area contributed by atoms with E-state index in [2.05, 4.69) is 15.3 Å². The molecule has 150 valence electrons. The van der Waals surface area contributed by atoms with Crippen molar-refractivity contribution in [3.8, 4) is 0 Å². The Morgan fingerprint density at radius 2 is 1.83 bits per heavy atom. The van der Waals surface area contributed by atoms with Crippen LogP contribution in [0, 0.1) is 20.8 Å². The summed E-state index contributed by atoms with van der Waals surface area (Å²) >= 11 is 6.12. The van der Waals surface area contributed by atoms with Gasteiger partial charge in [0.1, 0.15) is 17.0 Å². The minimum Gasteiger partial charge on any atom is -0.438 e. The summed E-state index contributed by atoms with van der Waals surface area (Å²) in [7, 11) is 0. The van der Waals surface area contributed by atoms with Crippen molar-refractivity contribution in [1.29, 1.82) is 0 Å². The van der Waals surface area contributed by atoms with Gasteiger partial charge in [-0.2, -0.15) is 0 Å². The quantitative estimate of drug-likeness (QED) is 0.451. The molecule has 1 amide bonds. The van der Waals surface area contributed by atoms with Crippen molar-refractivity contribution in [3.63, 3.8) is 0 Å². The summed E-state index contributed by atoms with van der Waals surface area (Å²) < 4.78 is 5.99. The second-order valence-electron chi connectivity index (χ2n) is 7.20. The lowest BCUT2D eigenvalue weighted by atomic mass is 10.1. The van der Waals surface area contributed by atoms with E-state index in [0.717, 1.165) is 11.1 Å². The zero-order chi connectivity index (χ0) is 21.3. The van der Waals surface area contributed by atoms with E-state index in [9.17, 15) is 4.79 Å². The highest BCUT2D eigenvalue weighted by Gasteiger charge is 2.14. The number of rotatable bonds is 3. The molecule has 4 rings (SSSR count). The minimum absolute atomic E-state index is 0.220. The SMILES string of the molecule is Cc1ccc(NC(=O)c2cc3cc(Cl)ccc3oc2=Nc2ccc(C)c(C)c2)nc1. The highest BCUT2D eigenvalue weighted by Crippen LogP contribution is 2.21. The Bertz CT molecular complexity index is 1320. The second-order valence-corrected chi connectivity index (χ2v) is 7.64. The maximum atomic E-state index is 13.1. The molecule has 0 bridgehead atoms. The van der Waals surface area contributed by atoms with Crippen molar-refractivity contribution in [2.45, 2.75) is 20.8 Å². The highest BCUT2D eigenvalue weighted by atomic mass is 35.5. The Labute approximate surface area is 179 Å². The first-order chi connectivity index (χ1) is 14.4. The number of nitrogens with zero attached hydrogens (tertiary/aromatic N) is 2. The first kappa shape index (κ1) is 19.9. The number of anilines is 1. The number of benzene rings is 2. The molecule has 4 aromatic rings. The third-order valence-electron chi connectivity index (χ3n) is 4.83. The molecular weight excluding hydrogens is 398 g/mol. The third kappa shape index (κ3) is 4.26. The zero-order valence-electron chi connectivity index (χ0n) is 16.9. The molecule has 0 radical (unpaired) electrons. The van der Waals surface area contributed by atoms with Crippen molar-refractivity contribution in [3.05, 3.63) is 93.6 Å². The molecule has 0 saturated carbocycles. The number of halogens is 1. The molecule has 1 N–H and O–H groups in total. The fraction of sp³-hybridized carbons (Fsp3) is 0.125. The number of amides is 1. The molecule has 2 aromatic heterocycles. The van der Waals surface area contributed by atoms with E-state index in [0.29, 0.717) is 33.1 Å². The van der Waals surface area contributed by atoms with Crippen LogP contribution in [0.15, 0.2) is 70.2 Å². The Hall–Kier alpha value is -3.44. The molecule has 2 aromatic carbocycles. The van der Waals surface area contributed by atoms with Gasteiger partial charge in [0, 0.05) is 16.6 Å². The molecule has 0 fully saturated rings. The number of carbonyl (C=O) groups excluding carboxylic acids is 1. The normalized spacial score (nSPS) is 11.7. The molecule has 0 aliphatic heterocycles. The van der Waals surface area contributed by atoms with E-state index in [1.165, 1.54) is 5.56 Å². The number of hydrogen-bond acceptors (Lipinski definition) is 4. The molecule has 0 atom stereocenters. The Morgan fingerprint density at radius 1 is 1.00 bits per heavy atom. The standard InChI is InChI=1S/C24H20ClN3O2/c1-14-4-9-22(26-13-14)28-23(29)20-12-17-11-18(25)6-8-21(17)30-24(20)27-19-7-5-15(2)16(3)10-19/h4-13H,1-3H3,(H,26,28,29). The fourth-order valence-electron chi connectivity index (χ4n) is 2.98. The van der Waals surface area contributed by atoms with E-state index in [-0.39, 0.29) is 11.5 Å². The summed E-state index contributed by atoms with van der Waals surface area (Å²) in [6.07, 6.45) is 1.69. The molecule has 0 aliphatic rings. The van der Waals surface area contributed by atoms with Crippen molar-refractivity contribution >= 4 is 40.0 Å². The van der Waals surface area contributed by atoms with Crippen molar-refractivity contribution in [2.75, 3.05) is 5.32 Å². The molecule has 30 heavy (non-hydrogen) atoms. The van der Waals surface area contributed by atoms with E-state index < -0.39 is 0 Å². The second kappa shape index (κ2) is 8.13. The van der Waals surface area contributed by atoms with Crippen LogP contribution in [0.2, 0.25) is 5.02 Å². The van der Waals surface area contributed by atoms with Crippen LogP contribution in [0.4, 0.5) is 11.5 Å². The van der Waals surface area contributed by atoms with Gasteiger partial charge in [-0.3, -0.25) is 4.79 Å². The minimum atomic E-state index is -0.362. The first-order valence-electron chi connectivity index (χ1n) is 9.48. The van der Waals surface area contributed by atoms with E-state index in [1.807, 2.05) is 45.0 Å². The summed E-state index contributed by atoms with van der Waals surface area (Å²) in [5.41, 5.74) is 5.10. The topological polar surface area (TPSA) is 67.5 Å². The summed E-state index contributed by atoms with van der Waals surface area (Å²) in [6, 6.07) is 16.5. The van der Waals surface area contributed by atoms with Crippen LogP contribution in [0.3, 0.4) is 0 Å². The van der Waals surface area contributed by atoms with Crippen molar-refractivity contribution in [1.82, 2.24) is 4.98 Å². The van der Waals surface area contributed by atoms with Crippen LogP contribution in [-0.2, 0) is 0 Å². The van der Waals surface area contributed by atoms with Gasteiger partial charge in [0.15, 0.2) is 0 Å². The van der Waals surface area contributed by atoms with Gasteiger partial charge in [-0.25, -0.2) is 9.98 Å². The van der Waals surface area contributed by atoms with E-state index in [1.54, 1.807) is 36.5 Å². The molecule has 5 nitrogen and oxygen atoms in total. The van der Waals surface area contributed by atoms with Crippen molar-refractivity contribution < 1.29 is 9.21 Å². The number of fused-ring (bicyclic) bond motifs is 1. The van der Waals surface area contributed by atoms with Gasteiger partial charge in [0.2, 0.25) is 5.55 Å². The largest absolute Gasteiger partial charge is 0.438 e. The number of aromatic nitrogens is 1. The molecule has 0 unspecified atom stereocenters. The van der Waals surface area contributed by atoms with E-state index >= 15 is 0 Å². The number of pyridine rings is 1. The van der Waals surface area contributed by atoms with Gasteiger partial charge in [0.25, 0.3) is 5.91 Å². The van der Waals surface area contributed by atoms with Crippen LogP contribution in [-0.4, -0.2) is 10.9 Å². The maximum Gasteiger partial charge on any atom is 0.262 e. The van der Waals surface area contributed by atoms with Crippen LogP contribution in [0.1, 0.15) is 27.0 Å². The average molecular weight is 418 g/mol. The van der Waals surface area contributed by atoms with Crippen LogP contribution in [0.5, 0.6) is 0 Å². The lowest BCUT2D eigenvalue weighted by Crippen LogP contribution is -2.22. The lowest BCUT2D eigenvalue weighted by molar-refractivity contribution is 0.102. The van der Waals surface area contributed by atoms with Crippen molar-refractivity contribution in [2.24, 2.45) is 4.99 Å². The Kier molecular flexibility index (Phi) is 5.38. The van der Waals surface area contributed by atoms with E-state index in [4.69, 9.17) is 16.0 Å². The maximum absolute atomic E-state index is 13.1. The van der Waals surface area contributed by atoms with Crippen LogP contribution < -0.4 is 10.9 Å². The third-order valence-corrected chi connectivity index (χ3v) is 5.06. The predicted octanol–water partition coefficient (Wildman–Crippen LogP) is 5.89. The molecule has 0 aliphatic carbocycles. The molecule has 0 spiro atoms. The Morgan fingerprint density at radius 3 is 2.57 bits per heavy atom. The zero-order valence-corrected chi connectivity index (χ0v) is 17.6. The van der Waals surface area contributed by atoms with Gasteiger partial charge >= 0.3 is 0 Å². The Balaban J connectivity index is 1.85. The summed E-state index contributed by atoms with van der Waals surface area (Å²) in [5, 5.41) is 4.08. The number of carbonyl (C=O) groups is 1. The summed E-state index contributed by atoms with van der Waals surface area (Å²) in [5.74, 6) is 0.0912. The number of nitrogens with one attached hydrogen (secondary N) is 1. The fourth-order valence-corrected chi connectivity index (χ4v) is 3.17. The smallest absolute Gasteiger partial charge is 0.262 e. The monoisotopic (exact) mass is 417 g/mol. The number of hydrogen-bond donors (Lipinski definition) is 1. The van der Waals surface area contributed by atoms with Gasteiger partial charge in [-0.05, 0) is 79.9 Å². The predicted molar refractivity (Wildman–Crippen MR) is 119 cm³/mol. The van der Waals surface area contributed by atoms with Gasteiger partial charge in [-0.15, -0.1) is 0 Å². The lowest BCUT2D eigenvalue weighted by Gasteiger charge is -2.07. The summed E-state index contributed by atoms with van der Waals surface area (Å²) in [4.78, 5) is 21.9.